The molecule has 17 heavy (non-hydrogen) atoms. The largest absolute Gasteiger partial charge is 0.261 e. The second-order valence-corrected chi connectivity index (χ2v) is 7.64. The van der Waals surface area contributed by atoms with E-state index in [1.165, 1.54) is 42.4 Å². The molecule has 0 heterocycles. The Balaban J connectivity index is 2.21. The molecule has 2 aliphatic rings. The standard InChI is InChI=1S/C13H15ClO2S/c14-17(15,16)12-7-10-5-1-3-9-4-2-6-11(8-12)13(9)10/h7-9H,1-6H2. The van der Waals surface area contributed by atoms with Crippen molar-refractivity contribution in [2.24, 2.45) is 0 Å². The number of halogens is 1. The van der Waals surface area contributed by atoms with Crippen LogP contribution in [-0.2, 0) is 21.9 Å². The molecule has 2 aliphatic carbocycles. The van der Waals surface area contributed by atoms with Gasteiger partial charge in [0.25, 0.3) is 9.05 Å². The summed E-state index contributed by atoms with van der Waals surface area (Å²) in [4.78, 5) is 0.287. The molecule has 0 radical (unpaired) electrons. The van der Waals surface area contributed by atoms with Gasteiger partial charge >= 0.3 is 0 Å². The van der Waals surface area contributed by atoms with Crippen LogP contribution in [-0.4, -0.2) is 8.42 Å². The van der Waals surface area contributed by atoms with Gasteiger partial charge in [0, 0.05) is 10.7 Å². The van der Waals surface area contributed by atoms with E-state index in [2.05, 4.69) is 0 Å². The average Bonchev–Trinajstić information content (AvgIpc) is 2.28. The van der Waals surface area contributed by atoms with Crippen molar-refractivity contribution < 1.29 is 8.42 Å². The molecule has 0 bridgehead atoms. The van der Waals surface area contributed by atoms with E-state index in [0.717, 1.165) is 12.8 Å². The van der Waals surface area contributed by atoms with Crippen LogP contribution in [0, 0.1) is 0 Å². The molecule has 3 rings (SSSR count). The molecule has 0 aliphatic heterocycles. The van der Waals surface area contributed by atoms with Crippen molar-refractivity contribution in [1.82, 2.24) is 0 Å². The normalized spacial score (nSPS) is 20.1. The summed E-state index contributed by atoms with van der Waals surface area (Å²) in [5.74, 6) is 0.662. The smallest absolute Gasteiger partial charge is 0.207 e. The number of hydrogen-bond donors (Lipinski definition) is 0. The van der Waals surface area contributed by atoms with Crippen LogP contribution in [0.25, 0.3) is 0 Å². The lowest BCUT2D eigenvalue weighted by atomic mass is 9.73. The minimum Gasteiger partial charge on any atom is -0.207 e. The highest BCUT2D eigenvalue weighted by atomic mass is 35.7. The Morgan fingerprint density at radius 3 is 2.06 bits per heavy atom. The van der Waals surface area contributed by atoms with Crippen molar-refractivity contribution >= 4 is 19.7 Å². The Bertz CT molecular complexity index is 532. The molecule has 0 amide bonds. The van der Waals surface area contributed by atoms with E-state index >= 15 is 0 Å². The van der Waals surface area contributed by atoms with Gasteiger partial charge in [-0.05, 0) is 73.3 Å². The average molecular weight is 271 g/mol. The molecule has 0 saturated heterocycles. The highest BCUT2D eigenvalue weighted by Crippen LogP contribution is 2.42. The third-order valence-corrected chi connectivity index (χ3v) is 5.35. The minimum atomic E-state index is -3.59. The molecule has 1 aromatic carbocycles. The van der Waals surface area contributed by atoms with Gasteiger partial charge in [0.2, 0.25) is 0 Å². The first-order chi connectivity index (χ1) is 8.05. The van der Waals surface area contributed by atoms with Crippen LogP contribution in [0.4, 0.5) is 0 Å². The van der Waals surface area contributed by atoms with E-state index in [4.69, 9.17) is 10.7 Å². The van der Waals surface area contributed by atoms with Gasteiger partial charge in [0.1, 0.15) is 0 Å². The molecular formula is C13H15ClO2S. The zero-order valence-electron chi connectivity index (χ0n) is 9.58. The molecule has 0 atom stereocenters. The summed E-state index contributed by atoms with van der Waals surface area (Å²) in [6, 6.07) is 3.58. The molecule has 1 aromatic rings. The molecule has 2 nitrogen and oxygen atoms in total. The SMILES string of the molecule is O=S(=O)(Cl)c1cc2c3c(c1)CCCC3CCC2. The molecule has 0 fully saturated rings. The van der Waals surface area contributed by atoms with Crippen molar-refractivity contribution in [3.05, 3.63) is 28.8 Å². The van der Waals surface area contributed by atoms with Crippen molar-refractivity contribution in [2.45, 2.75) is 49.3 Å². The second kappa shape index (κ2) is 3.99. The summed E-state index contributed by atoms with van der Waals surface area (Å²) < 4.78 is 22.9. The predicted octanol–water partition coefficient (Wildman–Crippen LogP) is 3.37. The van der Waals surface area contributed by atoms with Gasteiger partial charge in [0.15, 0.2) is 0 Å². The Morgan fingerprint density at radius 1 is 1.06 bits per heavy atom. The summed E-state index contributed by atoms with van der Waals surface area (Å²) in [7, 11) is 1.87. The van der Waals surface area contributed by atoms with Crippen LogP contribution >= 0.6 is 10.7 Å². The van der Waals surface area contributed by atoms with E-state index < -0.39 is 9.05 Å². The van der Waals surface area contributed by atoms with E-state index in [0.29, 0.717) is 5.92 Å². The summed E-state index contributed by atoms with van der Waals surface area (Å²) >= 11 is 0. The molecule has 0 spiro atoms. The maximum Gasteiger partial charge on any atom is 0.261 e. The molecule has 0 N–H and O–H groups in total. The fraction of sp³-hybridized carbons (Fsp3) is 0.538. The summed E-state index contributed by atoms with van der Waals surface area (Å²) in [6.45, 7) is 0. The fourth-order valence-corrected chi connectivity index (χ4v) is 4.17. The first-order valence-corrected chi connectivity index (χ1v) is 8.47. The monoisotopic (exact) mass is 270 g/mol. The lowest BCUT2D eigenvalue weighted by Crippen LogP contribution is -2.18. The van der Waals surface area contributed by atoms with Gasteiger partial charge in [-0.1, -0.05) is 0 Å². The lowest BCUT2D eigenvalue weighted by molar-refractivity contribution is 0.475. The molecule has 0 aromatic heterocycles. The number of hydrogen-bond acceptors (Lipinski definition) is 2. The van der Waals surface area contributed by atoms with E-state index in [9.17, 15) is 8.42 Å². The van der Waals surface area contributed by atoms with Crippen molar-refractivity contribution in [3.63, 3.8) is 0 Å². The van der Waals surface area contributed by atoms with Crippen LogP contribution in [0.3, 0.4) is 0 Å². The predicted molar refractivity (Wildman–Crippen MR) is 68.1 cm³/mol. The molecule has 4 heteroatoms. The van der Waals surface area contributed by atoms with E-state index in [-0.39, 0.29) is 4.90 Å². The third kappa shape index (κ3) is 2.00. The van der Waals surface area contributed by atoms with E-state index in [1.807, 2.05) is 0 Å². The maximum atomic E-state index is 11.5. The van der Waals surface area contributed by atoms with E-state index in [1.54, 1.807) is 12.1 Å². The first-order valence-electron chi connectivity index (χ1n) is 6.16. The quantitative estimate of drug-likeness (QED) is 0.733. The summed E-state index contributed by atoms with van der Waals surface area (Å²) in [5, 5.41) is 0. The Hall–Kier alpha value is -0.540. The Labute approximate surface area is 106 Å². The lowest BCUT2D eigenvalue weighted by Gasteiger charge is -2.32. The van der Waals surface area contributed by atoms with Gasteiger partial charge in [-0.2, -0.15) is 0 Å². The first kappa shape index (κ1) is 11.5. The molecule has 0 unspecified atom stereocenters. The van der Waals surface area contributed by atoms with Gasteiger partial charge in [-0.25, -0.2) is 8.42 Å². The summed E-state index contributed by atoms with van der Waals surface area (Å²) in [6.07, 6.45) is 6.85. The Kier molecular flexibility index (Phi) is 2.71. The topological polar surface area (TPSA) is 34.1 Å². The van der Waals surface area contributed by atoms with Crippen LogP contribution in [0.1, 0.15) is 48.3 Å². The molecular weight excluding hydrogens is 256 g/mol. The van der Waals surface area contributed by atoms with Crippen LogP contribution in [0.15, 0.2) is 17.0 Å². The van der Waals surface area contributed by atoms with Gasteiger partial charge < -0.3 is 0 Å². The van der Waals surface area contributed by atoms with Crippen molar-refractivity contribution in [2.75, 3.05) is 0 Å². The number of aryl methyl sites for hydroxylation is 2. The number of benzene rings is 1. The Morgan fingerprint density at radius 2 is 1.59 bits per heavy atom. The van der Waals surface area contributed by atoms with Crippen LogP contribution in [0.2, 0.25) is 0 Å². The zero-order chi connectivity index (χ0) is 12.0. The van der Waals surface area contributed by atoms with Crippen molar-refractivity contribution in [1.29, 1.82) is 0 Å². The summed E-state index contributed by atoms with van der Waals surface area (Å²) in [5.41, 5.74) is 3.88. The highest BCUT2D eigenvalue weighted by molar-refractivity contribution is 8.13. The molecule has 92 valence electrons. The van der Waals surface area contributed by atoms with Crippen molar-refractivity contribution in [3.8, 4) is 0 Å². The number of rotatable bonds is 1. The van der Waals surface area contributed by atoms with Gasteiger partial charge in [-0.3, -0.25) is 0 Å². The molecule has 0 saturated carbocycles. The van der Waals surface area contributed by atoms with Crippen LogP contribution in [0.5, 0.6) is 0 Å². The zero-order valence-corrected chi connectivity index (χ0v) is 11.1. The third-order valence-electron chi connectivity index (χ3n) is 4.01. The maximum absolute atomic E-state index is 11.5. The second-order valence-electron chi connectivity index (χ2n) is 5.07. The fourth-order valence-electron chi connectivity index (χ4n) is 3.34. The van der Waals surface area contributed by atoms with Crippen LogP contribution < -0.4 is 0 Å². The highest BCUT2D eigenvalue weighted by Gasteiger charge is 2.28. The minimum absolute atomic E-state index is 0.287. The van der Waals surface area contributed by atoms with Gasteiger partial charge in [0.05, 0.1) is 4.90 Å². The van der Waals surface area contributed by atoms with Gasteiger partial charge in [-0.15, -0.1) is 0 Å².